The Morgan fingerprint density at radius 2 is 2.35 bits per heavy atom. The zero-order valence-electron chi connectivity index (χ0n) is 10.1. The second-order valence-electron chi connectivity index (χ2n) is 4.92. The summed E-state index contributed by atoms with van der Waals surface area (Å²) in [6, 6.07) is 1.67. The van der Waals surface area contributed by atoms with Crippen LogP contribution in [0.4, 0.5) is 0 Å². The van der Waals surface area contributed by atoms with Crippen LogP contribution in [0.1, 0.15) is 30.6 Å². The third-order valence-electron chi connectivity index (χ3n) is 3.63. The standard InChI is InChI=1S/C12H16ClNO3/c1-12(2)8(6-9(12)16-3)14-11(15)7-4-5-17-10(7)13/h4-5,8-9H,6H2,1-3H3,(H,14,15). The molecule has 4 nitrogen and oxygen atoms in total. The molecule has 0 aliphatic heterocycles. The van der Waals surface area contributed by atoms with Crippen molar-refractivity contribution in [1.29, 1.82) is 0 Å². The fraction of sp³-hybridized carbons (Fsp3) is 0.583. The van der Waals surface area contributed by atoms with Gasteiger partial charge in [0.15, 0.2) is 0 Å². The fourth-order valence-electron chi connectivity index (χ4n) is 2.22. The van der Waals surface area contributed by atoms with E-state index < -0.39 is 0 Å². The van der Waals surface area contributed by atoms with E-state index in [0.717, 1.165) is 6.42 Å². The maximum Gasteiger partial charge on any atom is 0.256 e. The Labute approximate surface area is 105 Å². The normalized spacial score (nSPS) is 26.4. The Balaban J connectivity index is 2.00. The highest BCUT2D eigenvalue weighted by molar-refractivity contribution is 6.32. The van der Waals surface area contributed by atoms with E-state index in [0.29, 0.717) is 5.56 Å². The van der Waals surface area contributed by atoms with Gasteiger partial charge < -0.3 is 14.5 Å². The Bertz CT molecular complexity index is 427. The third-order valence-corrected chi connectivity index (χ3v) is 3.92. The van der Waals surface area contributed by atoms with Crippen LogP contribution in [-0.2, 0) is 4.74 Å². The summed E-state index contributed by atoms with van der Waals surface area (Å²) in [5, 5.41) is 3.08. The molecule has 1 aromatic rings. The molecule has 1 saturated carbocycles. The molecule has 1 amide bonds. The topological polar surface area (TPSA) is 51.5 Å². The predicted molar refractivity (Wildman–Crippen MR) is 64.2 cm³/mol. The first-order valence-corrected chi connectivity index (χ1v) is 5.91. The van der Waals surface area contributed by atoms with Gasteiger partial charge in [0.25, 0.3) is 5.91 Å². The molecule has 1 aliphatic carbocycles. The average molecular weight is 258 g/mol. The van der Waals surface area contributed by atoms with Crippen LogP contribution in [0.2, 0.25) is 5.22 Å². The maximum absolute atomic E-state index is 11.9. The van der Waals surface area contributed by atoms with Crippen molar-refractivity contribution in [1.82, 2.24) is 5.32 Å². The molecular weight excluding hydrogens is 242 g/mol. The van der Waals surface area contributed by atoms with Gasteiger partial charge in [-0.3, -0.25) is 4.79 Å². The second-order valence-corrected chi connectivity index (χ2v) is 5.26. The van der Waals surface area contributed by atoms with Gasteiger partial charge in [0, 0.05) is 18.6 Å². The van der Waals surface area contributed by atoms with Crippen molar-refractivity contribution in [2.75, 3.05) is 7.11 Å². The lowest BCUT2D eigenvalue weighted by atomic mass is 9.64. The lowest BCUT2D eigenvalue weighted by Crippen LogP contribution is -2.61. The summed E-state index contributed by atoms with van der Waals surface area (Å²) in [6.07, 6.45) is 2.42. The molecule has 1 aromatic heterocycles. The van der Waals surface area contributed by atoms with Gasteiger partial charge in [0.2, 0.25) is 5.22 Å². The van der Waals surface area contributed by atoms with Gasteiger partial charge in [-0.25, -0.2) is 0 Å². The van der Waals surface area contributed by atoms with Gasteiger partial charge in [0.05, 0.1) is 17.9 Å². The van der Waals surface area contributed by atoms with E-state index in [9.17, 15) is 4.79 Å². The first kappa shape index (κ1) is 12.5. The van der Waals surface area contributed by atoms with Gasteiger partial charge in [-0.15, -0.1) is 0 Å². The average Bonchev–Trinajstić information content (AvgIpc) is 2.69. The number of furan rings is 1. The molecule has 0 saturated heterocycles. The van der Waals surface area contributed by atoms with Crippen molar-refractivity contribution in [3.63, 3.8) is 0 Å². The van der Waals surface area contributed by atoms with E-state index >= 15 is 0 Å². The molecule has 2 rings (SSSR count). The van der Waals surface area contributed by atoms with E-state index in [1.807, 2.05) is 0 Å². The van der Waals surface area contributed by atoms with Crippen molar-refractivity contribution in [3.8, 4) is 0 Å². The molecule has 0 radical (unpaired) electrons. The summed E-state index contributed by atoms with van der Waals surface area (Å²) in [7, 11) is 1.69. The molecule has 17 heavy (non-hydrogen) atoms. The van der Waals surface area contributed by atoms with Crippen molar-refractivity contribution < 1.29 is 13.9 Å². The fourth-order valence-corrected chi connectivity index (χ4v) is 2.42. The van der Waals surface area contributed by atoms with Crippen molar-refractivity contribution in [3.05, 3.63) is 23.1 Å². The molecule has 1 N–H and O–H groups in total. The number of hydrogen-bond acceptors (Lipinski definition) is 3. The van der Waals surface area contributed by atoms with Crippen LogP contribution in [0, 0.1) is 5.41 Å². The lowest BCUT2D eigenvalue weighted by molar-refractivity contribution is -0.0942. The first-order valence-electron chi connectivity index (χ1n) is 5.53. The molecule has 1 heterocycles. The lowest BCUT2D eigenvalue weighted by Gasteiger charge is -2.51. The third kappa shape index (κ3) is 2.07. The number of hydrogen-bond donors (Lipinski definition) is 1. The summed E-state index contributed by atoms with van der Waals surface area (Å²) in [4.78, 5) is 11.9. The number of amides is 1. The Morgan fingerprint density at radius 3 is 2.82 bits per heavy atom. The minimum atomic E-state index is -0.198. The number of ether oxygens (including phenoxy) is 1. The molecule has 0 bridgehead atoms. The molecule has 2 atom stereocenters. The molecule has 0 spiro atoms. The maximum atomic E-state index is 11.9. The largest absolute Gasteiger partial charge is 0.452 e. The smallest absolute Gasteiger partial charge is 0.256 e. The summed E-state index contributed by atoms with van der Waals surface area (Å²) >= 11 is 5.75. The van der Waals surface area contributed by atoms with Crippen LogP contribution in [0.5, 0.6) is 0 Å². The number of nitrogens with one attached hydrogen (secondary N) is 1. The summed E-state index contributed by atoms with van der Waals surface area (Å²) in [5.74, 6) is -0.198. The van der Waals surface area contributed by atoms with Crippen LogP contribution >= 0.6 is 11.6 Å². The van der Waals surface area contributed by atoms with Gasteiger partial charge in [-0.1, -0.05) is 13.8 Å². The molecule has 5 heteroatoms. The van der Waals surface area contributed by atoms with Crippen LogP contribution in [0.3, 0.4) is 0 Å². The first-order chi connectivity index (χ1) is 7.96. The van der Waals surface area contributed by atoms with Crippen LogP contribution in [-0.4, -0.2) is 25.2 Å². The van der Waals surface area contributed by atoms with Crippen LogP contribution < -0.4 is 5.32 Å². The summed E-state index contributed by atoms with van der Waals surface area (Å²) in [5.41, 5.74) is 0.323. The van der Waals surface area contributed by atoms with E-state index in [1.165, 1.54) is 6.26 Å². The van der Waals surface area contributed by atoms with Gasteiger partial charge in [-0.2, -0.15) is 0 Å². The molecule has 2 unspecified atom stereocenters. The van der Waals surface area contributed by atoms with E-state index in [2.05, 4.69) is 19.2 Å². The number of carbonyl (C=O) groups excluding carboxylic acids is 1. The van der Waals surface area contributed by atoms with Gasteiger partial charge in [0.1, 0.15) is 0 Å². The molecule has 1 fully saturated rings. The van der Waals surface area contributed by atoms with E-state index in [-0.39, 0.29) is 28.7 Å². The molecule has 1 aliphatic rings. The van der Waals surface area contributed by atoms with Crippen molar-refractivity contribution in [2.45, 2.75) is 32.4 Å². The predicted octanol–water partition coefficient (Wildman–Crippen LogP) is 2.48. The highest BCUT2D eigenvalue weighted by Crippen LogP contribution is 2.42. The summed E-state index contributed by atoms with van der Waals surface area (Å²) in [6.45, 7) is 4.15. The Hall–Kier alpha value is -1.00. The summed E-state index contributed by atoms with van der Waals surface area (Å²) < 4.78 is 10.2. The monoisotopic (exact) mass is 257 g/mol. The number of halogens is 1. The molecule has 0 aromatic carbocycles. The second kappa shape index (κ2) is 4.35. The van der Waals surface area contributed by atoms with Crippen molar-refractivity contribution in [2.24, 2.45) is 5.41 Å². The minimum absolute atomic E-state index is 0.0549. The SMILES string of the molecule is COC1CC(NC(=O)c2ccoc2Cl)C1(C)C. The highest BCUT2D eigenvalue weighted by Gasteiger charge is 2.49. The van der Waals surface area contributed by atoms with Crippen molar-refractivity contribution >= 4 is 17.5 Å². The number of carbonyl (C=O) groups is 1. The van der Waals surface area contributed by atoms with E-state index in [1.54, 1.807) is 13.2 Å². The van der Waals surface area contributed by atoms with Crippen LogP contribution in [0.25, 0.3) is 0 Å². The quantitative estimate of drug-likeness (QED) is 0.905. The number of rotatable bonds is 3. The molecular formula is C12H16ClNO3. The van der Waals surface area contributed by atoms with Gasteiger partial charge in [-0.05, 0) is 24.1 Å². The van der Waals surface area contributed by atoms with Gasteiger partial charge >= 0.3 is 0 Å². The highest BCUT2D eigenvalue weighted by atomic mass is 35.5. The Kier molecular flexibility index (Phi) is 3.19. The van der Waals surface area contributed by atoms with E-state index in [4.69, 9.17) is 20.8 Å². The zero-order chi connectivity index (χ0) is 12.6. The Morgan fingerprint density at radius 1 is 1.65 bits per heavy atom. The zero-order valence-corrected chi connectivity index (χ0v) is 10.9. The van der Waals surface area contributed by atoms with Crippen LogP contribution in [0.15, 0.2) is 16.7 Å². The number of methoxy groups -OCH3 is 1. The molecule has 94 valence electrons. The minimum Gasteiger partial charge on any atom is -0.452 e.